The van der Waals surface area contributed by atoms with Crippen LogP contribution in [-0.2, 0) is 0 Å². The van der Waals surface area contributed by atoms with Crippen molar-refractivity contribution in [2.24, 2.45) is 0 Å². The quantitative estimate of drug-likeness (QED) is 0.160. The Balaban J connectivity index is 1.07. The third-order valence-corrected chi connectivity index (χ3v) is 10.8. The number of hydrogen-bond acceptors (Lipinski definition) is 1. The zero-order valence-electron chi connectivity index (χ0n) is 30.4. The van der Waals surface area contributed by atoms with E-state index in [0.717, 1.165) is 23.5 Å². The monoisotopic (exact) mass is 702 g/mol. The van der Waals surface area contributed by atoms with Gasteiger partial charge in [-0.25, -0.2) is 0 Å². The molecule has 0 aliphatic heterocycles. The van der Waals surface area contributed by atoms with Crippen LogP contribution >= 0.6 is 0 Å². The summed E-state index contributed by atoms with van der Waals surface area (Å²) in [5.41, 5.74) is 16.7. The number of aromatic nitrogens is 1. The lowest BCUT2D eigenvalue weighted by Crippen LogP contribution is -2.09. The van der Waals surface area contributed by atoms with E-state index in [9.17, 15) is 0 Å². The van der Waals surface area contributed by atoms with Crippen LogP contribution in [0.1, 0.15) is 17.5 Å². The minimum atomic E-state index is 0.941. The Hall–Kier alpha value is -7.16. The Morgan fingerprint density at radius 1 is 0.382 bits per heavy atom. The minimum absolute atomic E-state index is 0.941. The van der Waals surface area contributed by atoms with Gasteiger partial charge in [-0.05, 0) is 118 Å². The maximum absolute atomic E-state index is 2.41. The van der Waals surface area contributed by atoms with Gasteiger partial charge in [-0.15, -0.1) is 0 Å². The van der Waals surface area contributed by atoms with Gasteiger partial charge in [-0.3, -0.25) is 0 Å². The molecule has 1 aliphatic carbocycles. The van der Waals surface area contributed by atoms with Crippen LogP contribution in [-0.4, -0.2) is 4.57 Å². The van der Waals surface area contributed by atoms with E-state index in [4.69, 9.17) is 0 Å². The van der Waals surface area contributed by atoms with Crippen LogP contribution in [0, 0.1) is 0 Å². The molecule has 55 heavy (non-hydrogen) atoms. The summed E-state index contributed by atoms with van der Waals surface area (Å²) in [5, 5.41) is 2.55. The summed E-state index contributed by atoms with van der Waals surface area (Å²) in [6.07, 6.45) is 10.0. The number of fused-ring (bicyclic) bond motifs is 5. The maximum Gasteiger partial charge on any atom is 0.0547 e. The minimum Gasteiger partial charge on any atom is -0.311 e. The molecule has 2 nitrogen and oxygen atoms in total. The molecule has 0 amide bonds. The number of hydrogen-bond donors (Lipinski definition) is 0. The van der Waals surface area contributed by atoms with Gasteiger partial charge < -0.3 is 9.47 Å². The van der Waals surface area contributed by atoms with Gasteiger partial charge in [0.2, 0.25) is 0 Å². The molecule has 1 heterocycles. The van der Waals surface area contributed by atoms with E-state index in [1.165, 1.54) is 72.0 Å². The highest BCUT2D eigenvalue weighted by atomic mass is 15.1. The van der Waals surface area contributed by atoms with Crippen molar-refractivity contribution in [2.75, 3.05) is 4.90 Å². The fourth-order valence-corrected chi connectivity index (χ4v) is 8.09. The van der Waals surface area contributed by atoms with Gasteiger partial charge in [-0.2, -0.15) is 0 Å². The van der Waals surface area contributed by atoms with Gasteiger partial charge in [0.05, 0.1) is 11.0 Å². The first kappa shape index (κ1) is 32.5. The second kappa shape index (κ2) is 14.0. The van der Waals surface area contributed by atoms with Crippen molar-refractivity contribution in [3.05, 3.63) is 217 Å². The molecular formula is C53H38N2. The zero-order chi connectivity index (χ0) is 36.6. The van der Waals surface area contributed by atoms with Crippen molar-refractivity contribution in [3.8, 4) is 39.1 Å². The molecule has 9 aromatic rings. The van der Waals surface area contributed by atoms with E-state index in [-0.39, 0.29) is 0 Å². The average molecular weight is 703 g/mol. The Bertz CT molecular complexity index is 2750. The van der Waals surface area contributed by atoms with Crippen molar-refractivity contribution in [2.45, 2.75) is 6.42 Å². The standard InChI is InChI=1S/C53H38N2/c1-5-13-38(14-6-1)40-21-29-46(30-22-40)54(47-31-23-41(24-32-47)39-15-7-2-8-16-39)48-33-25-42(26-34-48)44-28-35-51-50(37-44)53-49-20-12-3-9-17-43(49)27-36-52(53)55(51)45-18-10-4-11-19-45/h1-2,4-37H,3H2. The number of para-hydroxylation sites is 1. The van der Waals surface area contributed by atoms with Crippen molar-refractivity contribution in [1.29, 1.82) is 0 Å². The molecule has 8 aromatic carbocycles. The van der Waals surface area contributed by atoms with Crippen LogP contribution in [0.2, 0.25) is 0 Å². The molecule has 0 atom stereocenters. The number of allylic oxidation sites excluding steroid dienone is 2. The average Bonchev–Trinajstić information content (AvgIpc) is 3.40. The fraction of sp³-hybridized carbons (Fsp3) is 0.0189. The van der Waals surface area contributed by atoms with E-state index >= 15 is 0 Å². The second-order valence-electron chi connectivity index (χ2n) is 14.1. The normalized spacial score (nSPS) is 12.1. The zero-order valence-corrected chi connectivity index (χ0v) is 30.4. The third kappa shape index (κ3) is 6.04. The van der Waals surface area contributed by atoms with Crippen LogP contribution in [0.5, 0.6) is 0 Å². The Morgan fingerprint density at radius 2 is 0.836 bits per heavy atom. The van der Waals surface area contributed by atoms with Crippen LogP contribution < -0.4 is 4.90 Å². The molecule has 0 unspecified atom stereocenters. The second-order valence-corrected chi connectivity index (χ2v) is 14.1. The summed E-state index contributed by atoms with van der Waals surface area (Å²) >= 11 is 0. The molecular weight excluding hydrogens is 665 g/mol. The molecule has 0 radical (unpaired) electrons. The van der Waals surface area contributed by atoms with Gasteiger partial charge in [0.1, 0.15) is 0 Å². The Kier molecular flexibility index (Phi) is 8.27. The number of nitrogens with zero attached hydrogens (tertiary/aromatic N) is 2. The van der Waals surface area contributed by atoms with Crippen molar-refractivity contribution in [1.82, 2.24) is 4.57 Å². The van der Waals surface area contributed by atoms with E-state index < -0.39 is 0 Å². The number of anilines is 3. The van der Waals surface area contributed by atoms with Crippen LogP contribution in [0.25, 0.3) is 73.0 Å². The van der Waals surface area contributed by atoms with Crippen LogP contribution in [0.3, 0.4) is 0 Å². The lowest BCUT2D eigenvalue weighted by Gasteiger charge is -2.26. The van der Waals surface area contributed by atoms with Gasteiger partial charge in [0.25, 0.3) is 0 Å². The summed E-state index contributed by atoms with van der Waals surface area (Å²) < 4.78 is 2.41. The van der Waals surface area contributed by atoms with E-state index in [1.807, 2.05) is 0 Å². The molecule has 260 valence electrons. The largest absolute Gasteiger partial charge is 0.311 e. The molecule has 0 saturated carbocycles. The number of rotatable bonds is 7. The van der Waals surface area contributed by atoms with Crippen molar-refractivity contribution in [3.63, 3.8) is 0 Å². The first-order chi connectivity index (χ1) is 27.3. The van der Waals surface area contributed by atoms with E-state index in [0.29, 0.717) is 0 Å². The summed E-state index contributed by atoms with van der Waals surface area (Å²) in [6, 6.07) is 70.2. The van der Waals surface area contributed by atoms with E-state index in [1.54, 1.807) is 0 Å². The molecule has 0 fully saturated rings. The SMILES string of the molecule is C1=Cc2ccc3c(c2C=CC1)c1cc(-c2ccc(N(c4ccc(-c5ccccc5)cc4)c4ccc(-c5ccccc5)cc4)cc2)ccc1n3-c1ccccc1. The molecule has 1 aliphatic rings. The molecule has 1 aromatic heterocycles. The highest BCUT2D eigenvalue weighted by Gasteiger charge is 2.18. The number of benzene rings is 8. The highest BCUT2D eigenvalue weighted by Crippen LogP contribution is 2.41. The fourth-order valence-electron chi connectivity index (χ4n) is 8.09. The molecule has 0 bridgehead atoms. The van der Waals surface area contributed by atoms with Gasteiger partial charge >= 0.3 is 0 Å². The van der Waals surface area contributed by atoms with Gasteiger partial charge in [0.15, 0.2) is 0 Å². The molecule has 0 N–H and O–H groups in total. The van der Waals surface area contributed by atoms with Crippen molar-refractivity contribution < 1.29 is 0 Å². The molecule has 10 rings (SSSR count). The van der Waals surface area contributed by atoms with Crippen LogP contribution in [0.15, 0.2) is 206 Å². The smallest absolute Gasteiger partial charge is 0.0547 e. The first-order valence-electron chi connectivity index (χ1n) is 19.0. The predicted octanol–water partition coefficient (Wildman–Crippen LogP) is 14.7. The van der Waals surface area contributed by atoms with Crippen LogP contribution in [0.4, 0.5) is 17.1 Å². The lowest BCUT2D eigenvalue weighted by atomic mass is 9.98. The Morgan fingerprint density at radius 3 is 1.40 bits per heavy atom. The molecule has 2 heteroatoms. The maximum atomic E-state index is 2.41. The predicted molar refractivity (Wildman–Crippen MR) is 234 cm³/mol. The van der Waals surface area contributed by atoms with Crippen molar-refractivity contribution >= 4 is 51.0 Å². The Labute approximate surface area is 322 Å². The lowest BCUT2D eigenvalue weighted by molar-refractivity contribution is 1.18. The summed E-state index contributed by atoms with van der Waals surface area (Å²) in [5.74, 6) is 0. The first-order valence-corrected chi connectivity index (χ1v) is 19.0. The summed E-state index contributed by atoms with van der Waals surface area (Å²) in [4.78, 5) is 2.35. The summed E-state index contributed by atoms with van der Waals surface area (Å²) in [6.45, 7) is 0. The topological polar surface area (TPSA) is 8.17 Å². The molecule has 0 saturated heterocycles. The highest BCUT2D eigenvalue weighted by molar-refractivity contribution is 6.15. The third-order valence-electron chi connectivity index (χ3n) is 10.8. The van der Waals surface area contributed by atoms with E-state index in [2.05, 4.69) is 228 Å². The van der Waals surface area contributed by atoms with Gasteiger partial charge in [-0.1, -0.05) is 152 Å². The van der Waals surface area contributed by atoms with Gasteiger partial charge in [0, 0.05) is 33.5 Å². The molecule has 0 spiro atoms. The summed E-state index contributed by atoms with van der Waals surface area (Å²) in [7, 11) is 0.